The summed E-state index contributed by atoms with van der Waals surface area (Å²) in [5, 5.41) is 2.02. The molecule has 0 aliphatic carbocycles. The third kappa shape index (κ3) is 2.77. The van der Waals surface area contributed by atoms with Gasteiger partial charge >= 0.3 is 0 Å². The van der Waals surface area contributed by atoms with Crippen LogP contribution in [0.3, 0.4) is 0 Å². The number of thiocarbonyl (C=S) groups is 1. The van der Waals surface area contributed by atoms with Crippen LogP contribution in [0.5, 0.6) is 5.75 Å². The number of nitrogens with zero attached hydrogens (tertiary/aromatic N) is 1. The van der Waals surface area contributed by atoms with E-state index < -0.39 is 0 Å². The first-order valence-corrected chi connectivity index (χ1v) is 5.95. The molecule has 0 spiro atoms. The minimum absolute atomic E-state index is 0.279. The van der Waals surface area contributed by atoms with Crippen LogP contribution >= 0.6 is 23.6 Å². The third-order valence-electron chi connectivity index (χ3n) is 1.95. The number of aromatic nitrogens is 1. The van der Waals surface area contributed by atoms with E-state index in [0.29, 0.717) is 12.3 Å². The smallest absolute Gasteiger partial charge is 0.123 e. The minimum atomic E-state index is 0.279. The van der Waals surface area contributed by atoms with Crippen LogP contribution in [0.2, 0.25) is 0 Å². The maximum Gasteiger partial charge on any atom is 0.123 e. The molecule has 2 heterocycles. The largest absolute Gasteiger partial charge is 0.488 e. The highest BCUT2D eigenvalue weighted by Crippen LogP contribution is 2.15. The van der Waals surface area contributed by atoms with Crippen LogP contribution in [0.15, 0.2) is 35.8 Å². The van der Waals surface area contributed by atoms with E-state index >= 15 is 0 Å². The quantitative estimate of drug-likeness (QED) is 0.846. The third-order valence-corrected chi connectivity index (χ3v) is 3.00. The molecule has 5 heteroatoms. The number of hydrogen-bond donors (Lipinski definition) is 1. The number of hydrogen-bond acceptors (Lipinski definition) is 4. The van der Waals surface area contributed by atoms with Gasteiger partial charge in [-0.1, -0.05) is 18.3 Å². The summed E-state index contributed by atoms with van der Waals surface area (Å²) in [7, 11) is 0. The molecule has 2 N–H and O–H groups in total. The molecule has 3 nitrogen and oxygen atoms in total. The normalized spacial score (nSPS) is 10.0. The van der Waals surface area contributed by atoms with Crippen molar-refractivity contribution in [3.8, 4) is 5.75 Å². The predicted octanol–water partition coefficient (Wildman–Crippen LogP) is 2.36. The van der Waals surface area contributed by atoms with Crippen LogP contribution in [0, 0.1) is 0 Å². The van der Waals surface area contributed by atoms with Gasteiger partial charge in [-0.15, -0.1) is 11.3 Å². The summed E-state index contributed by atoms with van der Waals surface area (Å²) in [5.41, 5.74) is 6.07. The number of nitrogens with two attached hydrogens (primary N) is 1. The van der Waals surface area contributed by atoms with Crippen molar-refractivity contribution in [2.45, 2.75) is 6.61 Å². The van der Waals surface area contributed by atoms with Crippen molar-refractivity contribution in [2.75, 3.05) is 0 Å². The van der Waals surface area contributed by atoms with E-state index in [1.165, 1.54) is 4.88 Å². The molecule has 0 saturated carbocycles. The van der Waals surface area contributed by atoms with E-state index in [0.717, 1.165) is 5.75 Å². The Morgan fingerprint density at radius 3 is 3.06 bits per heavy atom. The first kappa shape index (κ1) is 11.0. The van der Waals surface area contributed by atoms with Crippen molar-refractivity contribution in [1.82, 2.24) is 4.98 Å². The van der Waals surface area contributed by atoms with Crippen LogP contribution < -0.4 is 10.5 Å². The van der Waals surface area contributed by atoms with Gasteiger partial charge in [-0.2, -0.15) is 0 Å². The molecule has 0 atom stereocenters. The highest BCUT2D eigenvalue weighted by molar-refractivity contribution is 7.80. The summed E-state index contributed by atoms with van der Waals surface area (Å²) in [6, 6.07) is 7.56. The van der Waals surface area contributed by atoms with Crippen LogP contribution in [-0.2, 0) is 6.61 Å². The van der Waals surface area contributed by atoms with Crippen LogP contribution in [-0.4, -0.2) is 9.97 Å². The van der Waals surface area contributed by atoms with Gasteiger partial charge in [0.05, 0.1) is 0 Å². The van der Waals surface area contributed by atoms with Crippen LogP contribution in [0.25, 0.3) is 0 Å². The van der Waals surface area contributed by atoms with Crippen molar-refractivity contribution >= 4 is 28.5 Å². The van der Waals surface area contributed by atoms with E-state index in [-0.39, 0.29) is 4.99 Å². The Balaban J connectivity index is 2.04. The molecule has 0 aliphatic rings. The molecule has 0 aromatic carbocycles. The van der Waals surface area contributed by atoms with E-state index in [9.17, 15) is 0 Å². The van der Waals surface area contributed by atoms with Gasteiger partial charge in [0, 0.05) is 17.1 Å². The maximum absolute atomic E-state index is 5.60. The van der Waals surface area contributed by atoms with E-state index in [4.69, 9.17) is 22.7 Å². The number of ether oxygens (including phenoxy) is 1. The Morgan fingerprint density at radius 2 is 2.38 bits per heavy atom. The average molecular weight is 250 g/mol. The topological polar surface area (TPSA) is 48.1 Å². The van der Waals surface area contributed by atoms with Crippen molar-refractivity contribution in [1.29, 1.82) is 0 Å². The van der Waals surface area contributed by atoms with Gasteiger partial charge in [-0.25, -0.2) is 0 Å². The predicted molar refractivity (Wildman–Crippen MR) is 68.8 cm³/mol. The fourth-order valence-corrected chi connectivity index (χ4v) is 1.91. The number of rotatable bonds is 4. The Labute approximate surface area is 103 Å². The van der Waals surface area contributed by atoms with Gasteiger partial charge in [0.25, 0.3) is 0 Å². The summed E-state index contributed by atoms with van der Waals surface area (Å²) < 4.78 is 5.60. The molecule has 0 radical (unpaired) electrons. The molecule has 2 aromatic rings. The van der Waals surface area contributed by atoms with Gasteiger partial charge < -0.3 is 10.5 Å². The fraction of sp³-hybridized carbons (Fsp3) is 0.0909. The van der Waals surface area contributed by atoms with E-state index in [1.807, 2.05) is 17.5 Å². The van der Waals surface area contributed by atoms with Crippen molar-refractivity contribution < 1.29 is 4.74 Å². The summed E-state index contributed by atoms with van der Waals surface area (Å²) in [6.45, 7) is 0.554. The number of thiophene rings is 1. The van der Waals surface area contributed by atoms with Gasteiger partial charge in [-0.05, 0) is 17.5 Å². The van der Waals surface area contributed by atoms with Gasteiger partial charge in [0.15, 0.2) is 0 Å². The molecular formula is C11H10N2OS2. The fourth-order valence-electron chi connectivity index (χ4n) is 1.18. The van der Waals surface area contributed by atoms with Crippen molar-refractivity contribution in [3.05, 3.63) is 46.4 Å². The van der Waals surface area contributed by atoms with E-state index in [1.54, 1.807) is 29.7 Å². The molecule has 82 valence electrons. The SMILES string of the molecule is NC(=S)c1cc(OCc2cccs2)ccn1. The van der Waals surface area contributed by atoms with Crippen LogP contribution in [0.4, 0.5) is 0 Å². The maximum atomic E-state index is 5.60. The summed E-state index contributed by atoms with van der Waals surface area (Å²) in [6.07, 6.45) is 1.64. The zero-order chi connectivity index (χ0) is 11.4. The number of pyridine rings is 1. The Kier molecular flexibility index (Phi) is 3.48. The lowest BCUT2D eigenvalue weighted by molar-refractivity contribution is 0.309. The molecule has 2 rings (SSSR count). The second kappa shape index (κ2) is 5.05. The second-order valence-electron chi connectivity index (χ2n) is 3.11. The second-order valence-corrected chi connectivity index (χ2v) is 4.58. The van der Waals surface area contributed by atoms with Crippen molar-refractivity contribution in [2.24, 2.45) is 5.73 Å². The zero-order valence-corrected chi connectivity index (χ0v) is 10.1. The highest BCUT2D eigenvalue weighted by Gasteiger charge is 2.01. The van der Waals surface area contributed by atoms with Gasteiger partial charge in [0.2, 0.25) is 0 Å². The highest BCUT2D eigenvalue weighted by atomic mass is 32.1. The Hall–Kier alpha value is -1.46. The Bertz CT molecular complexity index is 482. The molecule has 2 aromatic heterocycles. The zero-order valence-electron chi connectivity index (χ0n) is 8.42. The summed E-state index contributed by atoms with van der Waals surface area (Å²) in [5.74, 6) is 0.728. The van der Waals surface area contributed by atoms with E-state index in [2.05, 4.69) is 4.98 Å². The average Bonchev–Trinajstić information content (AvgIpc) is 2.79. The molecule has 0 unspecified atom stereocenters. The van der Waals surface area contributed by atoms with Gasteiger partial charge in [0.1, 0.15) is 23.0 Å². The first-order valence-electron chi connectivity index (χ1n) is 4.67. The molecule has 0 fully saturated rings. The lowest BCUT2D eigenvalue weighted by Crippen LogP contribution is -2.11. The summed E-state index contributed by atoms with van der Waals surface area (Å²) >= 11 is 6.51. The first-order chi connectivity index (χ1) is 7.75. The minimum Gasteiger partial charge on any atom is -0.488 e. The molecule has 0 amide bonds. The lowest BCUT2D eigenvalue weighted by Gasteiger charge is -2.05. The monoisotopic (exact) mass is 250 g/mol. The molecule has 0 saturated heterocycles. The standard InChI is InChI=1S/C11H10N2OS2/c12-11(15)10-6-8(3-4-13-10)14-7-9-2-1-5-16-9/h1-6H,7H2,(H2,12,15). The molecule has 0 bridgehead atoms. The Morgan fingerprint density at radius 1 is 1.50 bits per heavy atom. The lowest BCUT2D eigenvalue weighted by atomic mass is 10.3. The van der Waals surface area contributed by atoms with Crippen molar-refractivity contribution in [3.63, 3.8) is 0 Å². The molecular weight excluding hydrogens is 240 g/mol. The summed E-state index contributed by atoms with van der Waals surface area (Å²) in [4.78, 5) is 5.49. The van der Waals surface area contributed by atoms with Crippen LogP contribution in [0.1, 0.15) is 10.6 Å². The van der Waals surface area contributed by atoms with Gasteiger partial charge in [-0.3, -0.25) is 4.98 Å². The molecule has 16 heavy (non-hydrogen) atoms. The molecule has 0 aliphatic heterocycles.